The van der Waals surface area contributed by atoms with E-state index in [1.807, 2.05) is 12.4 Å². The lowest BCUT2D eigenvalue weighted by molar-refractivity contribution is 0.126. The van der Waals surface area contributed by atoms with Crippen molar-refractivity contribution in [2.24, 2.45) is 0 Å². The van der Waals surface area contributed by atoms with E-state index in [0.29, 0.717) is 12.0 Å². The summed E-state index contributed by atoms with van der Waals surface area (Å²) in [5, 5.41) is 16.8. The summed E-state index contributed by atoms with van der Waals surface area (Å²) < 4.78 is 0. The molecule has 0 radical (unpaired) electrons. The second kappa shape index (κ2) is 12.3. The quantitative estimate of drug-likeness (QED) is 0.433. The Morgan fingerprint density at radius 2 is 1.85 bits per heavy atom. The summed E-state index contributed by atoms with van der Waals surface area (Å²) in [6, 6.07) is 4.61. The van der Waals surface area contributed by atoms with Gasteiger partial charge in [-0.1, -0.05) is 19.4 Å². The highest BCUT2D eigenvalue weighted by atomic mass is 16.3. The number of hydrogen-bond donors (Lipinski definition) is 3. The third-order valence-corrected chi connectivity index (χ3v) is 6.88. The summed E-state index contributed by atoms with van der Waals surface area (Å²) >= 11 is 0. The molecule has 0 unspecified atom stereocenters. The van der Waals surface area contributed by atoms with Crippen molar-refractivity contribution in [3.8, 4) is 11.3 Å². The first-order chi connectivity index (χ1) is 16.2. The fraction of sp³-hybridized carbons (Fsp3) is 0.654. The van der Waals surface area contributed by atoms with Gasteiger partial charge in [0.25, 0.3) is 0 Å². The second-order valence-corrected chi connectivity index (χ2v) is 9.59. The van der Waals surface area contributed by atoms with E-state index in [2.05, 4.69) is 39.6 Å². The Balaban J connectivity index is 1.43. The molecular weight excluding hydrogens is 412 g/mol. The van der Waals surface area contributed by atoms with Crippen molar-refractivity contribution in [1.29, 1.82) is 0 Å². The average Bonchev–Trinajstić information content (AvgIpc) is 3.35. The smallest absolute Gasteiger partial charge is 0.224 e. The Morgan fingerprint density at radius 3 is 2.58 bits per heavy atom. The number of nitrogens with zero attached hydrogens (tertiary/aromatic N) is 4. The van der Waals surface area contributed by atoms with Crippen molar-refractivity contribution in [3.05, 3.63) is 30.1 Å². The molecule has 3 N–H and O–H groups in total. The lowest BCUT2D eigenvalue weighted by Gasteiger charge is -2.27. The van der Waals surface area contributed by atoms with Crippen LogP contribution in [0.5, 0.6) is 0 Å². The number of hydrogen-bond acceptors (Lipinski definition) is 7. The van der Waals surface area contributed by atoms with E-state index in [1.54, 1.807) is 0 Å². The Kier molecular flexibility index (Phi) is 8.89. The van der Waals surface area contributed by atoms with Crippen molar-refractivity contribution in [1.82, 2.24) is 19.9 Å². The largest absolute Gasteiger partial charge is 0.393 e. The van der Waals surface area contributed by atoms with Gasteiger partial charge in [-0.2, -0.15) is 4.98 Å². The van der Waals surface area contributed by atoms with Gasteiger partial charge in [0.05, 0.1) is 17.4 Å². The van der Waals surface area contributed by atoms with Crippen LogP contribution in [-0.2, 0) is 6.42 Å². The average molecular weight is 453 g/mol. The normalized spacial score (nSPS) is 21.3. The highest BCUT2D eigenvalue weighted by Gasteiger charge is 2.21. The number of unbranched alkanes of at least 4 members (excludes halogenated alkanes) is 1. The minimum absolute atomic E-state index is 0.168. The summed E-state index contributed by atoms with van der Waals surface area (Å²) in [6.45, 7) is 6.76. The zero-order valence-corrected chi connectivity index (χ0v) is 20.1. The molecule has 7 nitrogen and oxygen atoms in total. The predicted octanol–water partition coefficient (Wildman–Crippen LogP) is 4.49. The van der Waals surface area contributed by atoms with Gasteiger partial charge in [-0.15, -0.1) is 0 Å². The van der Waals surface area contributed by atoms with Crippen LogP contribution in [0.1, 0.15) is 70.3 Å². The highest BCUT2D eigenvalue weighted by Crippen LogP contribution is 2.29. The number of aromatic nitrogens is 3. The number of aliphatic hydroxyl groups excluding tert-OH is 1. The maximum absolute atomic E-state index is 9.86. The minimum atomic E-state index is -0.168. The van der Waals surface area contributed by atoms with Gasteiger partial charge >= 0.3 is 0 Å². The van der Waals surface area contributed by atoms with E-state index in [-0.39, 0.29) is 6.10 Å². The number of aliphatic hydroxyl groups is 1. The van der Waals surface area contributed by atoms with Crippen LogP contribution < -0.4 is 10.6 Å². The molecule has 3 heterocycles. The van der Waals surface area contributed by atoms with Crippen LogP contribution in [0.15, 0.2) is 24.5 Å². The van der Waals surface area contributed by atoms with Gasteiger partial charge < -0.3 is 20.6 Å². The third-order valence-electron chi connectivity index (χ3n) is 6.88. The first-order valence-electron chi connectivity index (χ1n) is 12.9. The predicted molar refractivity (Wildman–Crippen MR) is 135 cm³/mol. The van der Waals surface area contributed by atoms with Crippen LogP contribution in [-0.4, -0.2) is 63.3 Å². The molecule has 2 aliphatic rings. The summed E-state index contributed by atoms with van der Waals surface area (Å²) in [6.07, 6.45) is 14.5. The molecule has 0 bridgehead atoms. The number of likely N-dealkylation sites (tertiary alicyclic amines) is 1. The van der Waals surface area contributed by atoms with Gasteiger partial charge in [0, 0.05) is 25.0 Å². The molecule has 0 amide bonds. The molecule has 0 atom stereocenters. The van der Waals surface area contributed by atoms with Crippen molar-refractivity contribution in [3.63, 3.8) is 0 Å². The van der Waals surface area contributed by atoms with Gasteiger partial charge in [0.1, 0.15) is 5.82 Å². The molecule has 0 aromatic carbocycles. The first kappa shape index (κ1) is 23.9. The maximum atomic E-state index is 9.86. The second-order valence-electron chi connectivity index (χ2n) is 9.59. The topological polar surface area (TPSA) is 86.2 Å². The highest BCUT2D eigenvalue weighted by molar-refractivity contribution is 5.73. The number of nitrogens with one attached hydrogen (secondary N) is 2. The van der Waals surface area contributed by atoms with E-state index in [4.69, 9.17) is 9.97 Å². The Bertz CT molecular complexity index is 844. The van der Waals surface area contributed by atoms with Crippen molar-refractivity contribution < 1.29 is 5.11 Å². The number of pyridine rings is 1. The van der Waals surface area contributed by atoms with Crippen LogP contribution in [0, 0.1) is 0 Å². The molecule has 2 fully saturated rings. The van der Waals surface area contributed by atoms with Crippen molar-refractivity contribution >= 4 is 11.8 Å². The van der Waals surface area contributed by atoms with Gasteiger partial charge in [-0.3, -0.25) is 4.98 Å². The molecule has 2 aromatic heterocycles. The molecule has 1 saturated carbocycles. The molecule has 0 spiro atoms. The van der Waals surface area contributed by atoms with Crippen LogP contribution in [0.25, 0.3) is 11.3 Å². The number of aryl methyl sites for hydroxylation is 1. The van der Waals surface area contributed by atoms with Gasteiger partial charge in [0.2, 0.25) is 5.95 Å². The fourth-order valence-electron chi connectivity index (χ4n) is 4.80. The molecule has 33 heavy (non-hydrogen) atoms. The Hall–Kier alpha value is -2.25. The van der Waals surface area contributed by atoms with Crippen LogP contribution in [0.4, 0.5) is 11.8 Å². The monoisotopic (exact) mass is 452 g/mol. The summed E-state index contributed by atoms with van der Waals surface area (Å²) in [7, 11) is 0. The van der Waals surface area contributed by atoms with E-state index in [9.17, 15) is 5.11 Å². The summed E-state index contributed by atoms with van der Waals surface area (Å²) in [5.41, 5.74) is 3.12. The lowest BCUT2D eigenvalue weighted by Crippen LogP contribution is -2.29. The van der Waals surface area contributed by atoms with E-state index in [1.165, 1.54) is 44.5 Å². The SMILES string of the molecule is CCCCNc1ncc(-c2ccc(CCCN3CCCC3)cn2)c(NC2CCC(O)CC2)n1. The van der Waals surface area contributed by atoms with Crippen molar-refractivity contribution in [2.75, 3.05) is 36.8 Å². The Morgan fingerprint density at radius 1 is 1.03 bits per heavy atom. The number of rotatable bonds is 11. The molecule has 7 heteroatoms. The maximum Gasteiger partial charge on any atom is 0.224 e. The van der Waals surface area contributed by atoms with Gasteiger partial charge in [0.15, 0.2) is 0 Å². The first-order valence-corrected chi connectivity index (χ1v) is 12.9. The molecular formula is C26H40N6O. The zero-order chi connectivity index (χ0) is 22.9. The fourth-order valence-corrected chi connectivity index (χ4v) is 4.80. The molecule has 4 rings (SSSR count). The molecule has 1 aliphatic heterocycles. The third kappa shape index (κ3) is 7.11. The summed E-state index contributed by atoms with van der Waals surface area (Å²) in [4.78, 5) is 16.7. The van der Waals surface area contributed by atoms with Crippen LogP contribution >= 0.6 is 0 Å². The number of anilines is 2. The molecule has 1 aliphatic carbocycles. The van der Waals surface area contributed by atoms with E-state index >= 15 is 0 Å². The molecule has 2 aromatic rings. The van der Waals surface area contributed by atoms with E-state index < -0.39 is 0 Å². The Labute approximate surface area is 198 Å². The van der Waals surface area contributed by atoms with Gasteiger partial charge in [-0.05, 0) is 89.1 Å². The van der Waals surface area contributed by atoms with Gasteiger partial charge in [-0.25, -0.2) is 4.98 Å². The molecule has 1 saturated heterocycles. The zero-order valence-electron chi connectivity index (χ0n) is 20.1. The summed E-state index contributed by atoms with van der Waals surface area (Å²) in [5.74, 6) is 1.49. The van der Waals surface area contributed by atoms with Crippen LogP contribution in [0.3, 0.4) is 0 Å². The van der Waals surface area contributed by atoms with Crippen molar-refractivity contribution in [2.45, 2.75) is 83.3 Å². The standard InChI is InChI=1S/C26H40N6O/c1-2-3-14-27-26-29-19-23(25(31-26)30-21-9-11-22(33)12-10-21)24-13-8-20(18-28-24)7-6-17-32-15-4-5-16-32/h8,13,18-19,21-22,33H,2-7,9-12,14-17H2,1H3,(H2,27,29,30,31). The molecule has 180 valence electrons. The van der Waals surface area contributed by atoms with E-state index in [0.717, 1.165) is 68.6 Å². The minimum Gasteiger partial charge on any atom is -0.393 e. The lowest BCUT2D eigenvalue weighted by atomic mass is 9.93. The van der Waals surface area contributed by atoms with Crippen LogP contribution in [0.2, 0.25) is 0 Å².